The molecule has 5 heterocycles. The zero-order chi connectivity index (χ0) is 58.4. The van der Waals surface area contributed by atoms with E-state index in [4.69, 9.17) is 9.97 Å². The number of hydrogen-bond acceptors (Lipinski definition) is 2. The number of rotatable bonds is 7. The Hall–Kier alpha value is -11.6. The van der Waals surface area contributed by atoms with Crippen molar-refractivity contribution >= 4 is 109 Å². The Morgan fingerprint density at radius 1 is 0.261 bits per heavy atom. The zero-order valence-electron chi connectivity index (χ0n) is 47.0. The summed E-state index contributed by atoms with van der Waals surface area (Å²) in [6.45, 7) is 0. The lowest BCUT2D eigenvalue weighted by atomic mass is 9.96. The SMILES string of the molecule is FC(F)(F)c1ccc(-c2cccc(-c3nc(-c4cc(-n5c6ccccc6c6cc(-n7c8ccccc8c8ccccc87)ccc65)cc(-n5c6ccccc6c6cc(-n7c8ccccc8c8ccccc87)ccc65)c4)nc4ccc5ccccc5c34)c2)cc1. The molecule has 0 radical (unpaired) electrons. The molecule has 0 aliphatic heterocycles. The molecule has 0 amide bonds. The Bertz CT molecular complexity index is 5580. The lowest BCUT2D eigenvalue weighted by molar-refractivity contribution is -0.137. The molecule has 0 saturated carbocycles. The van der Waals surface area contributed by atoms with Crippen LogP contribution in [0.4, 0.5) is 13.2 Å². The molecule has 9 heteroatoms. The summed E-state index contributed by atoms with van der Waals surface area (Å²) >= 11 is 0. The predicted octanol–water partition coefficient (Wildman–Crippen LogP) is 21.2. The smallest absolute Gasteiger partial charge is 0.309 e. The minimum absolute atomic E-state index is 0.518. The molecule has 18 aromatic rings. The van der Waals surface area contributed by atoms with Crippen molar-refractivity contribution in [1.82, 2.24) is 28.2 Å². The van der Waals surface area contributed by atoms with Crippen LogP contribution in [0, 0.1) is 0 Å². The van der Waals surface area contributed by atoms with Crippen LogP contribution >= 0.6 is 0 Å². The molecular weight excluding hydrogens is 1090 g/mol. The van der Waals surface area contributed by atoms with Crippen LogP contribution in [0.2, 0.25) is 0 Å². The first-order valence-corrected chi connectivity index (χ1v) is 29.4. The van der Waals surface area contributed by atoms with E-state index >= 15 is 0 Å². The number of alkyl halides is 3. The number of halogens is 3. The lowest BCUT2D eigenvalue weighted by Crippen LogP contribution is -2.04. The van der Waals surface area contributed by atoms with Crippen LogP contribution in [0.5, 0.6) is 0 Å². The Kier molecular flexibility index (Phi) is 10.7. The van der Waals surface area contributed by atoms with E-state index in [1.165, 1.54) is 33.7 Å². The highest BCUT2D eigenvalue weighted by atomic mass is 19.4. The summed E-state index contributed by atoms with van der Waals surface area (Å²) < 4.78 is 51.0. The molecule has 0 atom stereocenters. The summed E-state index contributed by atoms with van der Waals surface area (Å²) in [7, 11) is 0. The summed E-state index contributed by atoms with van der Waals surface area (Å²) in [6, 6.07) is 97.9. The first kappa shape index (κ1) is 49.8. The van der Waals surface area contributed by atoms with Crippen molar-refractivity contribution in [2.24, 2.45) is 0 Å². The number of aromatic nitrogens is 6. The molecule has 0 aliphatic rings. The van der Waals surface area contributed by atoms with Gasteiger partial charge < -0.3 is 18.3 Å². The number of fused-ring (bicyclic) bond motifs is 15. The standard InChI is InChI=1S/C79H47F3N6/c80-79(81,82)53-35-32-48(33-36-53)50-17-15-18-51(42-50)77-76-58-19-2-1-16-49(58)34-39-67(76)83-78(84-77)52-43-56(87-72-30-13-7-24-63(72)65-46-54(37-40-74(65)87)85-68-26-9-3-20-59(68)60-21-4-10-27-69(60)85)45-57(44-52)88-73-31-14-8-25-64(73)66-47-55(38-41-75(66)88)86-70-28-11-5-22-61(70)62-23-6-12-29-71(62)86/h1-47H. The molecule has 0 fully saturated rings. The Morgan fingerprint density at radius 3 is 1.15 bits per heavy atom. The van der Waals surface area contributed by atoms with Gasteiger partial charge in [0.15, 0.2) is 5.82 Å². The third-order valence-electron chi connectivity index (χ3n) is 17.9. The fraction of sp³-hybridized carbons (Fsp3) is 0.0127. The molecular formula is C79H47F3N6. The summed E-state index contributed by atoms with van der Waals surface area (Å²) in [5.74, 6) is 0.518. The second kappa shape index (κ2) is 19.0. The van der Waals surface area contributed by atoms with Gasteiger partial charge in [-0.25, -0.2) is 9.97 Å². The zero-order valence-corrected chi connectivity index (χ0v) is 47.0. The van der Waals surface area contributed by atoms with Crippen LogP contribution < -0.4 is 0 Å². The molecule has 0 bridgehead atoms. The van der Waals surface area contributed by atoms with Crippen LogP contribution in [0.15, 0.2) is 285 Å². The molecule has 0 N–H and O–H groups in total. The molecule has 6 nitrogen and oxygen atoms in total. The summed E-state index contributed by atoms with van der Waals surface area (Å²) in [5, 5.41) is 12.2. The molecule has 0 saturated heterocycles. The van der Waals surface area contributed by atoms with Gasteiger partial charge in [0, 0.05) is 82.4 Å². The normalized spacial score (nSPS) is 12.3. The van der Waals surface area contributed by atoms with Gasteiger partial charge in [0.05, 0.1) is 60.9 Å². The highest BCUT2D eigenvalue weighted by molar-refractivity contribution is 6.16. The summed E-state index contributed by atoms with van der Waals surface area (Å²) in [6.07, 6.45) is -4.45. The fourth-order valence-corrected chi connectivity index (χ4v) is 14.1. The quantitative estimate of drug-likeness (QED) is 0.149. The van der Waals surface area contributed by atoms with Crippen molar-refractivity contribution in [3.63, 3.8) is 0 Å². The summed E-state index contributed by atoms with van der Waals surface area (Å²) in [5.41, 5.74) is 16.5. The number of nitrogens with zero attached hydrogens (tertiary/aromatic N) is 6. The molecule has 0 aliphatic carbocycles. The Morgan fingerprint density at radius 2 is 0.670 bits per heavy atom. The van der Waals surface area contributed by atoms with Crippen molar-refractivity contribution in [1.29, 1.82) is 0 Å². The van der Waals surface area contributed by atoms with Crippen LogP contribution in [-0.4, -0.2) is 28.2 Å². The minimum Gasteiger partial charge on any atom is -0.309 e. The maximum atomic E-state index is 13.8. The van der Waals surface area contributed by atoms with Crippen LogP contribution in [-0.2, 0) is 6.18 Å². The van der Waals surface area contributed by atoms with Gasteiger partial charge in [-0.2, -0.15) is 13.2 Å². The highest BCUT2D eigenvalue weighted by Crippen LogP contribution is 2.43. The maximum absolute atomic E-state index is 13.8. The third kappa shape index (κ3) is 7.56. The van der Waals surface area contributed by atoms with E-state index < -0.39 is 11.7 Å². The minimum atomic E-state index is -4.45. The van der Waals surface area contributed by atoms with Gasteiger partial charge in [-0.05, 0) is 137 Å². The van der Waals surface area contributed by atoms with E-state index in [0.717, 1.165) is 139 Å². The third-order valence-corrected chi connectivity index (χ3v) is 17.9. The van der Waals surface area contributed by atoms with E-state index in [1.807, 2.05) is 36.4 Å². The van der Waals surface area contributed by atoms with Crippen molar-refractivity contribution in [3.8, 4) is 56.5 Å². The van der Waals surface area contributed by atoms with Gasteiger partial charge in [0.2, 0.25) is 0 Å². The van der Waals surface area contributed by atoms with Crippen LogP contribution in [0.3, 0.4) is 0 Å². The molecule has 18 rings (SSSR count). The van der Waals surface area contributed by atoms with E-state index in [2.05, 4.69) is 243 Å². The first-order chi connectivity index (χ1) is 43.3. The molecule has 88 heavy (non-hydrogen) atoms. The van der Waals surface area contributed by atoms with E-state index in [0.29, 0.717) is 17.1 Å². The fourth-order valence-electron chi connectivity index (χ4n) is 14.1. The molecule has 13 aromatic carbocycles. The van der Waals surface area contributed by atoms with Gasteiger partial charge >= 0.3 is 6.18 Å². The average Bonchev–Trinajstić information content (AvgIpc) is 1.60. The van der Waals surface area contributed by atoms with Gasteiger partial charge in [0.1, 0.15) is 0 Å². The van der Waals surface area contributed by atoms with E-state index in [-0.39, 0.29) is 0 Å². The lowest BCUT2D eigenvalue weighted by Gasteiger charge is -2.17. The van der Waals surface area contributed by atoms with Crippen LogP contribution in [0.1, 0.15) is 5.56 Å². The molecule has 414 valence electrons. The largest absolute Gasteiger partial charge is 0.416 e. The highest BCUT2D eigenvalue weighted by Gasteiger charge is 2.30. The number of hydrogen-bond donors (Lipinski definition) is 0. The molecule has 0 unspecified atom stereocenters. The van der Waals surface area contributed by atoms with Gasteiger partial charge in [0.25, 0.3) is 0 Å². The van der Waals surface area contributed by atoms with Crippen molar-refractivity contribution in [2.75, 3.05) is 0 Å². The van der Waals surface area contributed by atoms with E-state index in [1.54, 1.807) is 0 Å². The predicted molar refractivity (Wildman–Crippen MR) is 356 cm³/mol. The summed E-state index contributed by atoms with van der Waals surface area (Å²) in [4.78, 5) is 11.2. The van der Waals surface area contributed by atoms with Crippen molar-refractivity contribution in [2.45, 2.75) is 6.18 Å². The number of benzene rings is 13. The topological polar surface area (TPSA) is 45.5 Å². The van der Waals surface area contributed by atoms with Crippen LogP contribution in [0.25, 0.3) is 165 Å². The second-order valence-corrected chi connectivity index (χ2v) is 22.8. The Balaban J connectivity index is 0.897. The van der Waals surface area contributed by atoms with Gasteiger partial charge in [-0.3, -0.25) is 0 Å². The molecule has 5 aromatic heterocycles. The number of para-hydroxylation sites is 6. The maximum Gasteiger partial charge on any atom is 0.416 e. The first-order valence-electron chi connectivity index (χ1n) is 29.4. The second-order valence-electron chi connectivity index (χ2n) is 22.8. The van der Waals surface area contributed by atoms with Crippen molar-refractivity contribution in [3.05, 3.63) is 291 Å². The van der Waals surface area contributed by atoms with Crippen molar-refractivity contribution < 1.29 is 13.2 Å². The molecule has 0 spiro atoms. The monoisotopic (exact) mass is 1140 g/mol. The Labute approximate surface area is 501 Å². The average molecular weight is 1140 g/mol. The van der Waals surface area contributed by atoms with Gasteiger partial charge in [-0.1, -0.05) is 170 Å². The van der Waals surface area contributed by atoms with E-state index in [9.17, 15) is 13.2 Å². The van der Waals surface area contributed by atoms with Gasteiger partial charge in [-0.15, -0.1) is 0 Å².